The highest BCUT2D eigenvalue weighted by Gasteiger charge is 2.32. The van der Waals surface area contributed by atoms with E-state index in [-0.39, 0.29) is 5.91 Å². The second kappa shape index (κ2) is 9.50. The van der Waals surface area contributed by atoms with Crippen LogP contribution in [-0.2, 0) is 4.79 Å². The highest BCUT2D eigenvalue weighted by molar-refractivity contribution is 6.35. The van der Waals surface area contributed by atoms with Gasteiger partial charge < -0.3 is 14.8 Å². The fourth-order valence-corrected chi connectivity index (χ4v) is 4.15. The van der Waals surface area contributed by atoms with Gasteiger partial charge in [0.1, 0.15) is 17.5 Å². The average Bonchev–Trinajstić information content (AvgIpc) is 2.69. The van der Waals surface area contributed by atoms with Crippen molar-refractivity contribution >= 4 is 34.8 Å². The molecule has 2 aromatic rings. The van der Waals surface area contributed by atoms with Crippen LogP contribution in [0.3, 0.4) is 0 Å². The van der Waals surface area contributed by atoms with Crippen LogP contribution < -0.4 is 14.8 Å². The maximum atomic E-state index is 13.3. The van der Waals surface area contributed by atoms with Gasteiger partial charge in [-0.05, 0) is 62.3 Å². The molecule has 28 heavy (non-hydrogen) atoms. The van der Waals surface area contributed by atoms with Crippen molar-refractivity contribution in [2.24, 2.45) is 0 Å². The first-order chi connectivity index (χ1) is 13.5. The molecule has 0 spiro atoms. The van der Waals surface area contributed by atoms with E-state index in [9.17, 15) is 4.79 Å². The molecule has 5 nitrogen and oxygen atoms in total. The Hall–Kier alpha value is -1.95. The van der Waals surface area contributed by atoms with Gasteiger partial charge in [-0.25, -0.2) is 0 Å². The number of benzene rings is 2. The normalized spacial score (nSPS) is 15.7. The highest BCUT2D eigenvalue weighted by Crippen LogP contribution is 2.39. The summed E-state index contributed by atoms with van der Waals surface area (Å²) in [6.07, 6.45) is 3.25. The van der Waals surface area contributed by atoms with Gasteiger partial charge in [0.25, 0.3) is 0 Å². The summed E-state index contributed by atoms with van der Waals surface area (Å²) in [5.74, 6) is 1.06. The molecule has 1 aliphatic heterocycles. The lowest BCUT2D eigenvalue weighted by molar-refractivity contribution is -0.122. The SMILES string of the molecule is COc1ccc(NC(=O)[C@H](c2cc(Cl)cc(Cl)c2OC)N2CCCCC2)cc1. The van der Waals surface area contributed by atoms with Crippen LogP contribution in [0, 0.1) is 0 Å². The summed E-state index contributed by atoms with van der Waals surface area (Å²) >= 11 is 12.6. The molecule has 0 unspecified atom stereocenters. The van der Waals surface area contributed by atoms with Crippen molar-refractivity contribution in [3.8, 4) is 11.5 Å². The van der Waals surface area contributed by atoms with E-state index < -0.39 is 6.04 Å². The molecule has 7 heteroatoms. The van der Waals surface area contributed by atoms with Crippen molar-refractivity contribution in [1.82, 2.24) is 4.90 Å². The second-order valence-corrected chi connectivity index (χ2v) is 7.57. The van der Waals surface area contributed by atoms with Crippen molar-refractivity contribution in [3.63, 3.8) is 0 Å². The zero-order valence-corrected chi connectivity index (χ0v) is 17.5. The molecule has 1 aliphatic rings. The van der Waals surface area contributed by atoms with E-state index in [0.717, 1.165) is 38.1 Å². The summed E-state index contributed by atoms with van der Waals surface area (Å²) in [5, 5.41) is 3.87. The molecule has 1 atom stereocenters. The molecule has 1 heterocycles. The molecular weight excluding hydrogens is 399 g/mol. The second-order valence-electron chi connectivity index (χ2n) is 6.73. The van der Waals surface area contributed by atoms with Gasteiger partial charge in [0.15, 0.2) is 0 Å². The molecule has 0 aliphatic carbocycles. The van der Waals surface area contributed by atoms with Gasteiger partial charge in [-0.2, -0.15) is 0 Å². The summed E-state index contributed by atoms with van der Waals surface area (Å²) < 4.78 is 10.7. The molecule has 2 aromatic carbocycles. The van der Waals surface area contributed by atoms with E-state index in [1.54, 1.807) is 26.4 Å². The molecule has 0 radical (unpaired) electrons. The fraction of sp³-hybridized carbons (Fsp3) is 0.381. The molecule has 1 saturated heterocycles. The van der Waals surface area contributed by atoms with Gasteiger partial charge in [0.2, 0.25) is 5.91 Å². The number of rotatable bonds is 6. The Morgan fingerprint density at radius 1 is 1.04 bits per heavy atom. The van der Waals surface area contributed by atoms with Crippen LogP contribution in [0.5, 0.6) is 11.5 Å². The maximum absolute atomic E-state index is 13.3. The van der Waals surface area contributed by atoms with Gasteiger partial charge in [0.05, 0.1) is 19.2 Å². The third-order valence-electron chi connectivity index (χ3n) is 4.90. The predicted octanol–water partition coefficient (Wildman–Crippen LogP) is 5.18. The minimum absolute atomic E-state index is 0.149. The lowest BCUT2D eigenvalue weighted by Crippen LogP contribution is -2.40. The van der Waals surface area contributed by atoms with Crippen LogP contribution in [0.4, 0.5) is 5.69 Å². The number of hydrogen-bond donors (Lipinski definition) is 1. The Morgan fingerprint density at radius 2 is 1.71 bits per heavy atom. The first-order valence-electron chi connectivity index (χ1n) is 9.25. The number of ether oxygens (including phenoxy) is 2. The molecule has 150 valence electrons. The van der Waals surface area contributed by atoms with E-state index in [1.165, 1.54) is 0 Å². The fourth-order valence-electron chi connectivity index (χ4n) is 3.56. The summed E-state index contributed by atoms with van der Waals surface area (Å²) in [6, 6.07) is 10.1. The van der Waals surface area contributed by atoms with Gasteiger partial charge in [-0.15, -0.1) is 0 Å². The van der Waals surface area contributed by atoms with E-state index >= 15 is 0 Å². The molecule has 1 amide bonds. The maximum Gasteiger partial charge on any atom is 0.246 e. The molecule has 0 saturated carbocycles. The molecule has 0 aromatic heterocycles. The Labute approximate surface area is 175 Å². The Balaban J connectivity index is 1.96. The number of halogens is 2. The molecule has 0 bridgehead atoms. The topological polar surface area (TPSA) is 50.8 Å². The van der Waals surface area contributed by atoms with Crippen LogP contribution in [0.1, 0.15) is 30.9 Å². The third kappa shape index (κ3) is 4.72. The quantitative estimate of drug-likeness (QED) is 0.696. The van der Waals surface area contributed by atoms with E-state index in [0.29, 0.717) is 27.0 Å². The number of carbonyl (C=O) groups excluding carboxylic acids is 1. The van der Waals surface area contributed by atoms with Crippen LogP contribution >= 0.6 is 23.2 Å². The number of likely N-dealkylation sites (tertiary alicyclic amines) is 1. The first kappa shape index (κ1) is 20.8. The molecule has 1 N–H and O–H groups in total. The summed E-state index contributed by atoms with van der Waals surface area (Å²) in [5.41, 5.74) is 1.37. The standard InChI is InChI=1S/C21H24Cl2N2O3/c1-27-16-8-6-15(7-9-16)24-21(26)19(25-10-4-3-5-11-25)17-12-14(22)13-18(23)20(17)28-2/h6-9,12-13,19H,3-5,10-11H2,1-2H3,(H,24,26)/t19-/m0/s1. The number of piperidine rings is 1. The van der Waals surface area contributed by atoms with Gasteiger partial charge in [0, 0.05) is 16.3 Å². The minimum Gasteiger partial charge on any atom is -0.497 e. The van der Waals surface area contributed by atoms with E-state index in [4.69, 9.17) is 32.7 Å². The zero-order chi connectivity index (χ0) is 20.1. The number of hydrogen-bond acceptors (Lipinski definition) is 4. The van der Waals surface area contributed by atoms with Gasteiger partial charge >= 0.3 is 0 Å². The van der Waals surface area contributed by atoms with Crippen molar-refractivity contribution in [1.29, 1.82) is 0 Å². The number of carbonyl (C=O) groups is 1. The Morgan fingerprint density at radius 3 is 2.32 bits per heavy atom. The number of anilines is 1. The Bertz CT molecular complexity index is 821. The van der Waals surface area contributed by atoms with Crippen molar-refractivity contribution in [2.45, 2.75) is 25.3 Å². The highest BCUT2D eigenvalue weighted by atomic mass is 35.5. The van der Waals surface area contributed by atoms with Crippen LogP contribution in [0.2, 0.25) is 10.0 Å². The van der Waals surface area contributed by atoms with Crippen LogP contribution in [-0.4, -0.2) is 38.1 Å². The van der Waals surface area contributed by atoms with Crippen molar-refractivity contribution < 1.29 is 14.3 Å². The van der Waals surface area contributed by atoms with E-state index in [1.807, 2.05) is 24.3 Å². The van der Waals surface area contributed by atoms with Crippen molar-refractivity contribution in [3.05, 3.63) is 52.0 Å². The zero-order valence-electron chi connectivity index (χ0n) is 16.0. The molecule has 3 rings (SSSR count). The lowest BCUT2D eigenvalue weighted by atomic mass is 9.99. The smallest absolute Gasteiger partial charge is 0.246 e. The summed E-state index contributed by atoms with van der Waals surface area (Å²) in [6.45, 7) is 1.65. The first-order valence-corrected chi connectivity index (χ1v) is 10.0. The van der Waals surface area contributed by atoms with Gasteiger partial charge in [-0.3, -0.25) is 9.69 Å². The van der Waals surface area contributed by atoms with Crippen LogP contribution in [0.25, 0.3) is 0 Å². The summed E-state index contributed by atoms with van der Waals surface area (Å²) in [4.78, 5) is 15.5. The monoisotopic (exact) mass is 422 g/mol. The lowest BCUT2D eigenvalue weighted by Gasteiger charge is -2.34. The number of nitrogens with one attached hydrogen (secondary N) is 1. The third-order valence-corrected chi connectivity index (χ3v) is 5.40. The van der Waals surface area contributed by atoms with Crippen molar-refractivity contribution in [2.75, 3.05) is 32.6 Å². The summed E-state index contributed by atoms with van der Waals surface area (Å²) in [7, 11) is 3.16. The molecule has 1 fully saturated rings. The minimum atomic E-state index is -0.548. The Kier molecular flexibility index (Phi) is 7.05. The predicted molar refractivity (Wildman–Crippen MR) is 113 cm³/mol. The van der Waals surface area contributed by atoms with Gasteiger partial charge in [-0.1, -0.05) is 29.6 Å². The van der Waals surface area contributed by atoms with E-state index in [2.05, 4.69) is 10.2 Å². The number of amides is 1. The number of nitrogens with zero attached hydrogens (tertiary/aromatic N) is 1. The largest absolute Gasteiger partial charge is 0.497 e. The van der Waals surface area contributed by atoms with Crippen LogP contribution in [0.15, 0.2) is 36.4 Å². The molecular formula is C21H24Cl2N2O3. The number of methoxy groups -OCH3 is 2. The average molecular weight is 423 g/mol.